The normalized spacial score (nSPS) is 16.2. The number of fused-ring (bicyclic) bond motifs is 3. The minimum absolute atomic E-state index is 0.0956. The molecule has 1 aromatic carbocycles. The fraction of sp³-hybridized carbons (Fsp3) is 0.259. The lowest BCUT2D eigenvalue weighted by Gasteiger charge is -2.30. The lowest BCUT2D eigenvalue weighted by molar-refractivity contribution is 0.244. The topological polar surface area (TPSA) is 38.1 Å². The van der Waals surface area contributed by atoms with Gasteiger partial charge in [-0.2, -0.15) is 0 Å². The van der Waals surface area contributed by atoms with Crippen molar-refractivity contribution in [3.05, 3.63) is 111 Å². The van der Waals surface area contributed by atoms with Crippen LogP contribution in [0.5, 0.6) is 0 Å². The molecule has 5 rings (SSSR count). The molecule has 1 aliphatic heterocycles. The van der Waals surface area contributed by atoms with Crippen molar-refractivity contribution >= 4 is 11.0 Å². The van der Waals surface area contributed by atoms with Crippen LogP contribution in [0.3, 0.4) is 0 Å². The number of hydrogen-bond acceptors (Lipinski definition) is 3. The fourth-order valence-corrected chi connectivity index (χ4v) is 4.64. The van der Waals surface area contributed by atoms with Gasteiger partial charge in [-0.15, -0.1) is 0 Å². The van der Waals surface area contributed by atoms with Crippen LogP contribution in [0.25, 0.3) is 11.0 Å². The second-order valence-corrected chi connectivity index (χ2v) is 8.42. The molecule has 0 fully saturated rings. The molecule has 2 aliphatic rings. The molecule has 0 atom stereocenters. The summed E-state index contributed by atoms with van der Waals surface area (Å²) < 4.78 is 1.86. The van der Waals surface area contributed by atoms with Crippen molar-refractivity contribution in [2.24, 2.45) is 0 Å². The van der Waals surface area contributed by atoms with Crippen molar-refractivity contribution in [3.63, 3.8) is 0 Å². The summed E-state index contributed by atoms with van der Waals surface area (Å²) in [7, 11) is 0. The van der Waals surface area contributed by atoms with Crippen LogP contribution in [-0.4, -0.2) is 21.0 Å². The lowest BCUT2D eigenvalue weighted by atomic mass is 9.96. The van der Waals surface area contributed by atoms with E-state index in [4.69, 9.17) is 0 Å². The Bertz CT molecular complexity index is 1280. The molecule has 4 nitrogen and oxygen atoms in total. The van der Waals surface area contributed by atoms with Crippen LogP contribution >= 0.6 is 0 Å². The molecule has 0 saturated heterocycles. The lowest BCUT2D eigenvalue weighted by Crippen LogP contribution is -2.37. The van der Waals surface area contributed by atoms with Crippen LogP contribution in [0, 0.1) is 6.92 Å². The van der Waals surface area contributed by atoms with E-state index in [0.29, 0.717) is 13.1 Å². The summed E-state index contributed by atoms with van der Waals surface area (Å²) in [6.07, 6.45) is 14.1. The van der Waals surface area contributed by atoms with Crippen molar-refractivity contribution in [1.29, 1.82) is 0 Å². The number of pyridine rings is 2. The minimum Gasteiger partial charge on any atom is -0.294 e. The molecular weight excluding hydrogens is 382 g/mol. The second kappa shape index (κ2) is 8.48. The Labute approximate surface area is 182 Å². The molecule has 0 spiro atoms. The third-order valence-corrected chi connectivity index (χ3v) is 6.34. The van der Waals surface area contributed by atoms with Crippen LogP contribution < -0.4 is 5.56 Å². The number of benzene rings is 1. The summed E-state index contributed by atoms with van der Waals surface area (Å²) in [6, 6.07) is 12.6. The second-order valence-electron chi connectivity index (χ2n) is 8.42. The molecular formula is C27H27N3O. The zero-order valence-corrected chi connectivity index (χ0v) is 17.9. The Morgan fingerprint density at radius 3 is 2.84 bits per heavy atom. The molecule has 3 heterocycles. The highest BCUT2D eigenvalue weighted by atomic mass is 16.1. The number of allylic oxidation sites excluding steroid dienone is 6. The van der Waals surface area contributed by atoms with Gasteiger partial charge >= 0.3 is 0 Å². The molecule has 0 bridgehead atoms. The zero-order chi connectivity index (χ0) is 21.2. The van der Waals surface area contributed by atoms with Crippen molar-refractivity contribution in [2.75, 3.05) is 6.54 Å². The molecule has 0 amide bonds. The van der Waals surface area contributed by atoms with E-state index in [2.05, 4.69) is 77.5 Å². The van der Waals surface area contributed by atoms with Crippen molar-refractivity contribution in [3.8, 4) is 0 Å². The predicted octanol–water partition coefficient (Wildman–Crippen LogP) is 4.71. The van der Waals surface area contributed by atoms with Gasteiger partial charge in [0.05, 0.1) is 6.54 Å². The zero-order valence-electron chi connectivity index (χ0n) is 17.9. The number of rotatable bonds is 4. The van der Waals surface area contributed by atoms with Gasteiger partial charge in [-0.05, 0) is 54.2 Å². The Kier molecular flexibility index (Phi) is 5.39. The highest BCUT2D eigenvalue weighted by molar-refractivity contribution is 5.80. The maximum atomic E-state index is 13.7. The molecule has 0 unspecified atom stereocenters. The van der Waals surface area contributed by atoms with E-state index in [0.717, 1.165) is 48.1 Å². The first-order valence-corrected chi connectivity index (χ1v) is 11.0. The van der Waals surface area contributed by atoms with Crippen LogP contribution in [-0.2, 0) is 26.1 Å². The smallest absolute Gasteiger partial charge is 0.257 e. The number of aryl methyl sites for hydroxylation is 1. The number of nitrogens with zero attached hydrogens (tertiary/aromatic N) is 3. The van der Waals surface area contributed by atoms with Crippen LogP contribution in [0.15, 0.2) is 83.3 Å². The Hall–Kier alpha value is -3.24. The molecule has 4 heteroatoms. The van der Waals surface area contributed by atoms with Gasteiger partial charge in [-0.3, -0.25) is 14.3 Å². The summed E-state index contributed by atoms with van der Waals surface area (Å²) >= 11 is 0. The minimum atomic E-state index is 0.0956. The van der Waals surface area contributed by atoms with Crippen molar-refractivity contribution in [1.82, 2.24) is 14.5 Å². The average molecular weight is 410 g/mol. The van der Waals surface area contributed by atoms with Gasteiger partial charge in [0, 0.05) is 36.8 Å². The van der Waals surface area contributed by atoms with Gasteiger partial charge in [-0.1, -0.05) is 54.6 Å². The quantitative estimate of drug-likeness (QED) is 0.627. The predicted molar refractivity (Wildman–Crippen MR) is 126 cm³/mol. The highest BCUT2D eigenvalue weighted by Gasteiger charge is 2.24. The number of hydrogen-bond donors (Lipinski definition) is 0. The summed E-state index contributed by atoms with van der Waals surface area (Å²) in [6.45, 7) is 5.20. The standard InChI is InChI=1S/C27H27N3O/c1-20-9-6-7-12-22(20)18-29-16-14-23-24-13-8-15-28-26(24)30(27(31)25(23)19-29)17-21-10-4-2-3-5-11-21/h2,4-13,15H,3,14,16-19H2,1H3. The van der Waals surface area contributed by atoms with E-state index in [1.807, 2.05) is 10.6 Å². The molecule has 0 N–H and O–H groups in total. The van der Waals surface area contributed by atoms with E-state index >= 15 is 0 Å². The summed E-state index contributed by atoms with van der Waals surface area (Å²) in [5, 5.41) is 1.11. The van der Waals surface area contributed by atoms with E-state index in [9.17, 15) is 4.79 Å². The van der Waals surface area contributed by atoms with Gasteiger partial charge in [0.2, 0.25) is 0 Å². The Morgan fingerprint density at radius 1 is 1.03 bits per heavy atom. The largest absolute Gasteiger partial charge is 0.294 e. The van der Waals surface area contributed by atoms with E-state index < -0.39 is 0 Å². The van der Waals surface area contributed by atoms with E-state index in [1.54, 1.807) is 6.20 Å². The summed E-state index contributed by atoms with van der Waals surface area (Å²) in [5.74, 6) is 0. The fourth-order valence-electron chi connectivity index (χ4n) is 4.64. The first kappa shape index (κ1) is 19.7. The molecule has 156 valence electrons. The van der Waals surface area contributed by atoms with Gasteiger partial charge in [0.1, 0.15) is 5.65 Å². The molecule has 0 saturated carbocycles. The van der Waals surface area contributed by atoms with Gasteiger partial charge in [0.15, 0.2) is 0 Å². The van der Waals surface area contributed by atoms with Gasteiger partial charge in [-0.25, -0.2) is 4.98 Å². The Balaban J connectivity index is 1.55. The highest BCUT2D eigenvalue weighted by Crippen LogP contribution is 2.26. The maximum Gasteiger partial charge on any atom is 0.257 e. The summed E-state index contributed by atoms with van der Waals surface area (Å²) in [4.78, 5) is 20.7. The first-order chi connectivity index (χ1) is 15.2. The third kappa shape index (κ3) is 3.91. The molecule has 0 radical (unpaired) electrons. The molecule has 3 aromatic rings. The first-order valence-electron chi connectivity index (χ1n) is 11.0. The van der Waals surface area contributed by atoms with Gasteiger partial charge < -0.3 is 0 Å². The SMILES string of the molecule is Cc1ccccc1CN1CCc2c(c(=O)n(CC3=CC=CCC=C3)c3ncccc23)C1. The van der Waals surface area contributed by atoms with Crippen molar-refractivity contribution in [2.45, 2.75) is 39.4 Å². The van der Waals surface area contributed by atoms with Gasteiger partial charge in [0.25, 0.3) is 5.56 Å². The molecule has 1 aliphatic carbocycles. The van der Waals surface area contributed by atoms with Crippen molar-refractivity contribution < 1.29 is 0 Å². The average Bonchev–Trinajstić information content (AvgIpc) is 3.07. The van der Waals surface area contributed by atoms with Crippen LogP contribution in [0.2, 0.25) is 0 Å². The Morgan fingerprint density at radius 2 is 1.94 bits per heavy atom. The number of aromatic nitrogens is 2. The maximum absolute atomic E-state index is 13.7. The van der Waals surface area contributed by atoms with E-state index in [-0.39, 0.29) is 5.56 Å². The van der Waals surface area contributed by atoms with E-state index in [1.165, 1.54) is 16.7 Å². The monoisotopic (exact) mass is 409 g/mol. The molecule has 31 heavy (non-hydrogen) atoms. The van der Waals surface area contributed by atoms with Crippen LogP contribution in [0.4, 0.5) is 0 Å². The van der Waals surface area contributed by atoms with Crippen LogP contribution in [0.1, 0.15) is 28.7 Å². The summed E-state index contributed by atoms with van der Waals surface area (Å²) in [5.41, 5.74) is 6.74. The third-order valence-electron chi connectivity index (χ3n) is 6.34. The molecule has 2 aromatic heterocycles.